The summed E-state index contributed by atoms with van der Waals surface area (Å²) in [4.78, 5) is 10.9. The van der Waals surface area contributed by atoms with Gasteiger partial charge in [-0.05, 0) is 79.4 Å². The van der Waals surface area contributed by atoms with Crippen LogP contribution >= 0.6 is 0 Å². The molecule has 0 unspecified atom stereocenters. The van der Waals surface area contributed by atoms with Gasteiger partial charge in [-0.15, -0.1) is 0 Å². The molecule has 0 aliphatic heterocycles. The number of nitrogens with zero attached hydrogens (tertiary/aromatic N) is 4. The second-order valence-electron chi connectivity index (χ2n) is 13.0. The fourth-order valence-electron chi connectivity index (χ4n) is 6.47. The van der Waals surface area contributed by atoms with Crippen molar-refractivity contribution in [2.45, 2.75) is 40.0 Å². The molecule has 0 N–H and O–H groups in total. The molecule has 0 aliphatic carbocycles. The summed E-state index contributed by atoms with van der Waals surface area (Å²) in [7, 11) is 0. The second-order valence-corrected chi connectivity index (χ2v) is 13.0. The predicted octanol–water partition coefficient (Wildman–Crippen LogP) is 10.3. The summed E-state index contributed by atoms with van der Waals surface area (Å²) < 4.78 is 4.56. The van der Waals surface area contributed by atoms with Crippen LogP contribution in [0.15, 0.2) is 115 Å². The Hall–Kier alpha value is -5.22. The van der Waals surface area contributed by atoms with Gasteiger partial charge in [0.25, 0.3) is 0 Å². The van der Waals surface area contributed by atoms with Gasteiger partial charge in [0.1, 0.15) is 17.1 Å². The van der Waals surface area contributed by atoms with Crippen molar-refractivity contribution in [3.05, 3.63) is 132 Å². The summed E-state index contributed by atoms with van der Waals surface area (Å²) >= 11 is 0. The number of hydrogen-bond donors (Lipinski definition) is 0. The third kappa shape index (κ3) is 4.13. The second kappa shape index (κ2) is 9.65. The molecule has 44 heavy (non-hydrogen) atoms. The fourth-order valence-corrected chi connectivity index (χ4v) is 6.47. The lowest BCUT2D eigenvalue weighted by atomic mass is 9.86. The van der Waals surface area contributed by atoms with E-state index in [4.69, 9.17) is 9.97 Å². The number of para-hydroxylation sites is 1. The highest BCUT2D eigenvalue weighted by Crippen LogP contribution is 2.39. The van der Waals surface area contributed by atoms with Gasteiger partial charge >= 0.3 is 0 Å². The Morgan fingerprint density at radius 2 is 1.09 bits per heavy atom. The van der Waals surface area contributed by atoms with Crippen molar-refractivity contribution >= 4 is 43.9 Å². The minimum atomic E-state index is -0.0607. The van der Waals surface area contributed by atoms with Crippen molar-refractivity contribution in [3.8, 4) is 22.8 Å². The molecule has 0 amide bonds. The molecule has 0 saturated heterocycles. The van der Waals surface area contributed by atoms with Crippen LogP contribution in [-0.4, -0.2) is 19.1 Å². The highest BCUT2D eigenvalue weighted by atomic mass is 15.1. The molecule has 0 spiro atoms. The average Bonchev–Trinajstić information content (AvgIpc) is 3.51. The number of aryl methyl sites for hydroxylation is 2. The van der Waals surface area contributed by atoms with E-state index in [1.54, 1.807) is 0 Å². The van der Waals surface area contributed by atoms with Crippen LogP contribution in [0, 0.1) is 13.8 Å². The molecule has 4 nitrogen and oxygen atoms in total. The lowest BCUT2D eigenvalue weighted by Crippen LogP contribution is -2.13. The van der Waals surface area contributed by atoms with Crippen LogP contribution in [0.1, 0.15) is 37.5 Å². The number of aromatic nitrogens is 4. The van der Waals surface area contributed by atoms with Gasteiger partial charge in [0, 0.05) is 32.8 Å². The van der Waals surface area contributed by atoms with Crippen LogP contribution in [-0.2, 0) is 5.41 Å². The van der Waals surface area contributed by atoms with Crippen LogP contribution in [0.4, 0.5) is 0 Å². The molecule has 8 rings (SSSR count). The van der Waals surface area contributed by atoms with Crippen LogP contribution in [0.3, 0.4) is 0 Å². The minimum absolute atomic E-state index is 0.0607. The maximum Gasteiger partial charge on any atom is 0.149 e. The van der Waals surface area contributed by atoms with Crippen molar-refractivity contribution in [1.82, 2.24) is 19.1 Å². The number of hydrogen-bond acceptors (Lipinski definition) is 2. The molecule has 214 valence electrons. The Morgan fingerprint density at radius 1 is 0.523 bits per heavy atom. The van der Waals surface area contributed by atoms with Crippen molar-refractivity contribution < 1.29 is 0 Å². The lowest BCUT2D eigenvalue weighted by Gasteiger charge is -2.21. The van der Waals surface area contributed by atoms with E-state index >= 15 is 0 Å². The molecule has 0 bridgehead atoms. The SMILES string of the molecule is Cc1ccc2c(c1)c1cc3c4cc(C)ccc4n(-c4cc(C(C)(C)C)cc(-c5ccccc5)n4)c3nc1n2-c1ccccc1. The van der Waals surface area contributed by atoms with Crippen molar-refractivity contribution in [1.29, 1.82) is 0 Å². The molecule has 4 heterocycles. The zero-order valence-electron chi connectivity index (χ0n) is 25.8. The van der Waals surface area contributed by atoms with Crippen LogP contribution in [0.5, 0.6) is 0 Å². The molecular weight excluding hydrogens is 536 g/mol. The van der Waals surface area contributed by atoms with Crippen molar-refractivity contribution in [2.24, 2.45) is 0 Å². The highest BCUT2D eigenvalue weighted by Gasteiger charge is 2.23. The average molecular weight is 571 g/mol. The van der Waals surface area contributed by atoms with E-state index in [1.165, 1.54) is 27.5 Å². The maximum absolute atomic E-state index is 5.54. The molecule has 4 aromatic carbocycles. The van der Waals surface area contributed by atoms with E-state index in [9.17, 15) is 0 Å². The summed E-state index contributed by atoms with van der Waals surface area (Å²) in [5.74, 6) is 0.880. The van der Waals surface area contributed by atoms with Gasteiger partial charge in [-0.2, -0.15) is 0 Å². The first kappa shape index (κ1) is 26.4. The van der Waals surface area contributed by atoms with Gasteiger partial charge in [-0.1, -0.05) is 92.6 Å². The molecule has 4 heteroatoms. The summed E-state index contributed by atoms with van der Waals surface area (Å²) in [6, 6.07) is 41.2. The maximum atomic E-state index is 5.54. The Morgan fingerprint density at radius 3 is 1.70 bits per heavy atom. The predicted molar refractivity (Wildman–Crippen MR) is 184 cm³/mol. The van der Waals surface area contributed by atoms with Crippen molar-refractivity contribution in [2.75, 3.05) is 0 Å². The first-order valence-electron chi connectivity index (χ1n) is 15.3. The molecule has 0 fully saturated rings. The lowest BCUT2D eigenvalue weighted by molar-refractivity contribution is 0.589. The van der Waals surface area contributed by atoms with E-state index in [0.717, 1.165) is 55.9 Å². The Kier molecular flexibility index (Phi) is 5.79. The number of fused-ring (bicyclic) bond motifs is 6. The minimum Gasteiger partial charge on any atom is -0.294 e. The molecule has 8 aromatic rings. The molecule has 0 atom stereocenters. The van der Waals surface area contributed by atoms with E-state index in [2.05, 4.69) is 159 Å². The summed E-state index contributed by atoms with van der Waals surface area (Å²) in [5, 5.41) is 4.69. The Labute approximate surface area is 257 Å². The molecular formula is C40H34N4. The molecule has 0 aliphatic rings. The standard InChI is InChI=1S/C40H34N4/c1-25-16-18-35-30(20-25)32-24-33-31-21-26(2)17-19-36(31)44(39(33)42-38(32)43(35)29-14-10-7-11-15-29)37-23-28(40(3,4)5)22-34(41-37)27-12-8-6-9-13-27/h6-24H,1-5H3. The molecule has 0 saturated carbocycles. The summed E-state index contributed by atoms with van der Waals surface area (Å²) in [6.07, 6.45) is 0. The monoisotopic (exact) mass is 570 g/mol. The Bertz CT molecular complexity index is 2370. The smallest absolute Gasteiger partial charge is 0.149 e. The van der Waals surface area contributed by atoms with E-state index in [1.807, 2.05) is 0 Å². The quantitative estimate of drug-likeness (QED) is 0.212. The third-order valence-corrected chi connectivity index (χ3v) is 8.76. The van der Waals surface area contributed by atoms with Crippen LogP contribution in [0.2, 0.25) is 0 Å². The number of rotatable bonds is 3. The van der Waals surface area contributed by atoms with Gasteiger partial charge in [0.15, 0.2) is 0 Å². The zero-order chi connectivity index (χ0) is 30.2. The van der Waals surface area contributed by atoms with Gasteiger partial charge in [0.2, 0.25) is 0 Å². The summed E-state index contributed by atoms with van der Waals surface area (Å²) in [6.45, 7) is 11.1. The van der Waals surface area contributed by atoms with Crippen LogP contribution < -0.4 is 0 Å². The highest BCUT2D eigenvalue weighted by molar-refractivity contribution is 6.16. The zero-order valence-corrected chi connectivity index (χ0v) is 25.8. The normalized spacial score (nSPS) is 12.2. The molecule has 4 aromatic heterocycles. The molecule has 0 radical (unpaired) electrons. The summed E-state index contributed by atoms with van der Waals surface area (Å²) in [5.41, 5.74) is 10.9. The fraction of sp³-hybridized carbons (Fsp3) is 0.150. The Balaban J connectivity index is 1.53. The van der Waals surface area contributed by atoms with Crippen molar-refractivity contribution in [3.63, 3.8) is 0 Å². The topological polar surface area (TPSA) is 35.6 Å². The van der Waals surface area contributed by atoms with E-state index < -0.39 is 0 Å². The van der Waals surface area contributed by atoms with Gasteiger partial charge in [-0.25, -0.2) is 9.97 Å². The largest absolute Gasteiger partial charge is 0.294 e. The van der Waals surface area contributed by atoms with Gasteiger partial charge < -0.3 is 0 Å². The van der Waals surface area contributed by atoms with Gasteiger partial charge in [0.05, 0.1) is 16.7 Å². The third-order valence-electron chi connectivity index (χ3n) is 8.76. The van der Waals surface area contributed by atoms with E-state index in [-0.39, 0.29) is 5.41 Å². The van der Waals surface area contributed by atoms with Gasteiger partial charge in [-0.3, -0.25) is 9.13 Å². The number of benzene rings is 4. The van der Waals surface area contributed by atoms with Crippen LogP contribution in [0.25, 0.3) is 66.6 Å². The number of pyridine rings is 2. The first-order valence-corrected chi connectivity index (χ1v) is 15.3. The first-order chi connectivity index (χ1) is 21.3. The van der Waals surface area contributed by atoms with E-state index in [0.29, 0.717) is 0 Å².